The van der Waals surface area contributed by atoms with Gasteiger partial charge >= 0.3 is 127 Å². The molecule has 0 atom stereocenters. The Bertz CT molecular complexity index is 3140. The van der Waals surface area contributed by atoms with E-state index in [1.807, 2.05) is 72.8 Å². The summed E-state index contributed by atoms with van der Waals surface area (Å²) in [6.07, 6.45) is 0. The van der Waals surface area contributed by atoms with Crippen molar-refractivity contribution in [1.82, 2.24) is 0 Å². The molecule has 0 heterocycles. The molecule has 0 saturated carbocycles. The first kappa shape index (κ1) is 87.4. The van der Waals surface area contributed by atoms with E-state index in [0.717, 1.165) is 34.5 Å². The minimum atomic E-state index is -0.0449. The van der Waals surface area contributed by atoms with E-state index in [-0.39, 0.29) is 155 Å². The standard InChI is InChI=1S/6C13H12IO.6FH/c6*1-15-13-9-7-12(8-10-13)14-11-5-3-2-4-6-11;;;;;;/h6*2-10H,1H3;6*1H/q6*+1;;;;;;/p-6. The molecule has 0 bridgehead atoms. The van der Waals surface area contributed by atoms with Crippen molar-refractivity contribution in [3.05, 3.63) is 370 Å². The summed E-state index contributed by atoms with van der Waals surface area (Å²) in [5, 5.41) is 0. The summed E-state index contributed by atoms with van der Waals surface area (Å²) in [6, 6.07) is 114. The summed E-state index contributed by atoms with van der Waals surface area (Å²) in [4.78, 5) is 0. The third kappa shape index (κ3) is 34.6. The maximum Gasteiger partial charge on any atom is 0.357 e. The normalized spacial score (nSPS) is 9.31. The van der Waals surface area contributed by atoms with E-state index in [2.05, 4.69) is 255 Å². The molecule has 6 nitrogen and oxygen atoms in total. The zero-order chi connectivity index (χ0) is 63.1. The van der Waals surface area contributed by atoms with Gasteiger partial charge < -0.3 is 56.6 Å². The SMILES string of the molecule is COc1ccc([I+]c2ccccc2)cc1.COc1ccc([I+]c2ccccc2)cc1.COc1ccc([I+]c2ccccc2)cc1.COc1ccc([I+]c2ccccc2)cc1.COc1ccc([I+]c2ccccc2)cc1.COc1ccc([I+]c2ccccc2)cc1.[F-].[F-].[F-].[F-].[F-].[F-]. The van der Waals surface area contributed by atoms with Crippen LogP contribution in [0.2, 0.25) is 0 Å². The van der Waals surface area contributed by atoms with Gasteiger partial charge in [0.1, 0.15) is 34.5 Å². The van der Waals surface area contributed by atoms with Gasteiger partial charge in [-0.1, -0.05) is 109 Å². The molecule has 0 aliphatic heterocycles. The molecule has 0 spiro atoms. The number of ether oxygens (including phenoxy) is 6. The minimum absolute atomic E-state index is 0. The van der Waals surface area contributed by atoms with Crippen LogP contribution >= 0.6 is 0 Å². The zero-order valence-corrected chi connectivity index (χ0v) is 66.1. The molecular formula is C78H72F6I6O6. The predicted octanol–water partition coefficient (Wildman–Crippen LogP) is -19.0. The maximum absolute atomic E-state index is 5.13. The van der Waals surface area contributed by atoms with Crippen LogP contribution < -0.4 is 184 Å². The van der Waals surface area contributed by atoms with Crippen molar-refractivity contribution >= 4 is 0 Å². The molecule has 12 rings (SSSR count). The highest BCUT2D eigenvalue weighted by Crippen LogP contribution is 2.10. The fourth-order valence-corrected chi connectivity index (χ4v) is 20.7. The first-order valence-corrected chi connectivity index (χ1v) is 41.3. The second-order valence-electron chi connectivity index (χ2n) is 18.3. The quantitative estimate of drug-likeness (QED) is 0.0630. The summed E-state index contributed by atoms with van der Waals surface area (Å²) in [5.41, 5.74) is 0. The lowest BCUT2D eigenvalue weighted by Crippen LogP contribution is -3.61. The number of methoxy groups -OCH3 is 6. The summed E-state index contributed by atoms with van der Waals surface area (Å²) < 4.78 is 48.0. The van der Waals surface area contributed by atoms with Gasteiger partial charge in [0.25, 0.3) is 0 Å². The minimum Gasteiger partial charge on any atom is -1.00 e. The van der Waals surface area contributed by atoms with E-state index in [4.69, 9.17) is 28.4 Å². The number of benzene rings is 12. The third-order valence-corrected chi connectivity index (χ3v) is 28.1. The van der Waals surface area contributed by atoms with Gasteiger partial charge in [-0.3, -0.25) is 0 Å². The van der Waals surface area contributed by atoms with Gasteiger partial charge in [0.05, 0.1) is 42.7 Å². The fourth-order valence-electron chi connectivity index (χ4n) is 7.42. The Kier molecular flexibility index (Phi) is 47.8. The second-order valence-corrected chi connectivity index (χ2v) is 36.5. The Balaban J connectivity index is 0.000000569. The van der Waals surface area contributed by atoms with Crippen LogP contribution in [0, 0.1) is 42.8 Å². The van der Waals surface area contributed by atoms with E-state index < -0.39 is 0 Å². The van der Waals surface area contributed by atoms with Crippen molar-refractivity contribution < 1.29 is 184 Å². The molecule has 0 N–H and O–H groups in total. The van der Waals surface area contributed by atoms with Crippen LogP contribution in [0.5, 0.6) is 34.5 Å². The number of hydrogen-bond donors (Lipinski definition) is 0. The third-order valence-electron chi connectivity index (χ3n) is 12.0. The summed E-state index contributed by atoms with van der Waals surface area (Å²) in [5.74, 6) is 5.56. The van der Waals surface area contributed by atoms with Gasteiger partial charge in [-0.2, -0.15) is 0 Å². The summed E-state index contributed by atoms with van der Waals surface area (Å²) in [7, 11) is 10.2. The smallest absolute Gasteiger partial charge is 0.357 e. The Labute approximate surface area is 624 Å². The monoisotopic (exact) mass is 1980 g/mol. The van der Waals surface area contributed by atoms with Crippen LogP contribution in [0.15, 0.2) is 328 Å². The van der Waals surface area contributed by atoms with Gasteiger partial charge in [0, 0.05) is 0 Å². The largest absolute Gasteiger partial charge is 1.00 e. The van der Waals surface area contributed by atoms with Gasteiger partial charge in [-0.05, 0) is 218 Å². The fraction of sp³-hybridized carbons (Fsp3) is 0.0769. The number of rotatable bonds is 18. The van der Waals surface area contributed by atoms with Crippen molar-refractivity contribution in [2.75, 3.05) is 42.7 Å². The highest BCUT2D eigenvalue weighted by molar-refractivity contribution is 5.25. The van der Waals surface area contributed by atoms with Crippen LogP contribution in [0.25, 0.3) is 0 Å². The average molecular weight is 1980 g/mol. The van der Waals surface area contributed by atoms with Gasteiger partial charge in [-0.25, -0.2) is 0 Å². The highest BCUT2D eigenvalue weighted by Gasteiger charge is 2.19. The maximum atomic E-state index is 5.13. The molecule has 0 unspecified atom stereocenters. The van der Waals surface area contributed by atoms with Gasteiger partial charge in [-0.15, -0.1) is 0 Å². The molecule has 0 aliphatic rings. The van der Waals surface area contributed by atoms with Crippen molar-refractivity contribution in [2.45, 2.75) is 0 Å². The van der Waals surface area contributed by atoms with Crippen LogP contribution in [0.1, 0.15) is 0 Å². The first-order valence-electron chi connectivity index (χ1n) is 28.3. The van der Waals surface area contributed by atoms with Crippen molar-refractivity contribution in [2.24, 2.45) is 0 Å². The van der Waals surface area contributed by atoms with E-state index in [1.54, 1.807) is 42.7 Å². The molecule has 96 heavy (non-hydrogen) atoms. The average Bonchev–Trinajstić information content (AvgIpc) is 1.69. The lowest BCUT2D eigenvalue weighted by Gasteiger charge is -1.95. The first-order chi connectivity index (χ1) is 44.3. The van der Waals surface area contributed by atoms with E-state index in [0.29, 0.717) is 0 Å². The Morgan fingerprint density at radius 3 is 0.323 bits per heavy atom. The molecule has 0 saturated heterocycles. The molecule has 0 amide bonds. The molecule has 12 aromatic rings. The molecular weight excluding hydrogens is 1910 g/mol. The molecule has 504 valence electrons. The predicted molar refractivity (Wildman–Crippen MR) is 341 cm³/mol. The second kappa shape index (κ2) is 52.5. The molecule has 0 radical (unpaired) electrons. The zero-order valence-electron chi connectivity index (χ0n) is 53.2. The Hall–Kier alpha value is -6.60. The highest BCUT2D eigenvalue weighted by atomic mass is 127. The topological polar surface area (TPSA) is 55.4 Å². The van der Waals surface area contributed by atoms with Crippen molar-refractivity contribution in [1.29, 1.82) is 0 Å². The summed E-state index contributed by atoms with van der Waals surface area (Å²) >= 11 is -0.270. The van der Waals surface area contributed by atoms with Crippen LogP contribution in [-0.2, 0) is 0 Å². The lowest BCUT2D eigenvalue weighted by molar-refractivity contribution is -0.597. The van der Waals surface area contributed by atoms with Crippen molar-refractivity contribution in [3.8, 4) is 34.5 Å². The van der Waals surface area contributed by atoms with Crippen LogP contribution in [0.3, 0.4) is 0 Å². The van der Waals surface area contributed by atoms with Gasteiger partial charge in [0.2, 0.25) is 0 Å². The Morgan fingerprint density at radius 1 is 0.135 bits per heavy atom. The number of hydrogen-bond acceptors (Lipinski definition) is 6. The summed E-state index contributed by atoms with van der Waals surface area (Å²) in [6.45, 7) is 0. The van der Waals surface area contributed by atoms with Crippen molar-refractivity contribution in [3.63, 3.8) is 0 Å². The molecule has 0 fully saturated rings. The molecule has 0 aliphatic carbocycles. The van der Waals surface area contributed by atoms with Gasteiger partial charge in [0.15, 0.2) is 42.8 Å². The Morgan fingerprint density at radius 2 is 0.229 bits per heavy atom. The van der Waals surface area contributed by atoms with Crippen LogP contribution in [0.4, 0.5) is 0 Å². The van der Waals surface area contributed by atoms with E-state index >= 15 is 0 Å². The molecule has 12 aromatic carbocycles. The lowest BCUT2D eigenvalue weighted by atomic mass is 10.3. The van der Waals surface area contributed by atoms with Crippen LogP contribution in [-0.4, -0.2) is 42.7 Å². The molecule has 18 heteroatoms. The molecule has 0 aromatic heterocycles. The number of halogens is 12. The van der Waals surface area contributed by atoms with E-state index in [1.165, 1.54) is 42.8 Å². The van der Waals surface area contributed by atoms with E-state index in [9.17, 15) is 0 Å².